The van der Waals surface area contributed by atoms with Crippen molar-refractivity contribution in [1.82, 2.24) is 14.8 Å². The fourth-order valence-corrected chi connectivity index (χ4v) is 3.92. The van der Waals surface area contributed by atoms with Crippen molar-refractivity contribution in [3.63, 3.8) is 0 Å². The number of benzene rings is 1. The van der Waals surface area contributed by atoms with Crippen LogP contribution in [0.5, 0.6) is 0 Å². The zero-order chi connectivity index (χ0) is 14.4. The second-order valence-corrected chi connectivity index (χ2v) is 6.38. The number of aryl methyl sites for hydroxylation is 1. The molecule has 0 saturated carbocycles. The van der Waals surface area contributed by atoms with Crippen molar-refractivity contribution in [1.29, 1.82) is 0 Å². The Hall–Kier alpha value is -1.85. The number of fused-ring (bicyclic) bond motifs is 3. The first-order valence-corrected chi connectivity index (χ1v) is 7.94. The van der Waals surface area contributed by atoms with Crippen molar-refractivity contribution in [3.05, 3.63) is 52.1 Å². The molecule has 21 heavy (non-hydrogen) atoms. The highest BCUT2D eigenvalue weighted by atomic mass is 35.5. The predicted molar refractivity (Wildman–Crippen MR) is 85.7 cm³/mol. The lowest BCUT2D eigenvalue weighted by molar-refractivity contribution is 0.571. The van der Waals surface area contributed by atoms with E-state index in [-0.39, 0.29) is 0 Å². The third-order valence-corrected chi connectivity index (χ3v) is 5.23. The minimum absolute atomic E-state index is 0.702. The Labute approximate surface area is 131 Å². The van der Waals surface area contributed by atoms with Crippen molar-refractivity contribution in [2.24, 2.45) is 0 Å². The van der Waals surface area contributed by atoms with Gasteiger partial charge in [-0.25, -0.2) is 9.67 Å². The van der Waals surface area contributed by atoms with Gasteiger partial charge in [0.05, 0.1) is 5.56 Å². The molecule has 2 aromatic heterocycles. The van der Waals surface area contributed by atoms with Crippen molar-refractivity contribution in [2.75, 3.05) is 4.90 Å². The summed E-state index contributed by atoms with van der Waals surface area (Å²) >= 11 is 8.05. The van der Waals surface area contributed by atoms with Gasteiger partial charge in [0.15, 0.2) is 5.82 Å². The van der Waals surface area contributed by atoms with E-state index in [9.17, 15) is 0 Å². The van der Waals surface area contributed by atoms with E-state index < -0.39 is 0 Å². The molecule has 0 saturated heterocycles. The maximum Gasteiger partial charge on any atom is 0.163 e. The highest BCUT2D eigenvalue weighted by Gasteiger charge is 2.27. The summed E-state index contributed by atoms with van der Waals surface area (Å²) in [6, 6.07) is 7.98. The van der Waals surface area contributed by atoms with Gasteiger partial charge in [-0.05, 0) is 29.5 Å². The summed E-state index contributed by atoms with van der Waals surface area (Å²) in [6.45, 7) is 3.59. The Morgan fingerprint density at radius 2 is 2.19 bits per heavy atom. The fraction of sp³-hybridized carbons (Fsp3) is 0.200. The Bertz CT molecular complexity index is 808. The van der Waals surface area contributed by atoms with Gasteiger partial charge in [-0.1, -0.05) is 29.8 Å². The van der Waals surface area contributed by atoms with Crippen LogP contribution in [-0.2, 0) is 13.2 Å². The first-order chi connectivity index (χ1) is 10.2. The molecular weight excluding hydrogens is 304 g/mol. The van der Waals surface area contributed by atoms with Gasteiger partial charge in [-0.15, -0.1) is 11.3 Å². The lowest BCUT2D eigenvalue weighted by Gasteiger charge is -2.29. The van der Waals surface area contributed by atoms with Crippen molar-refractivity contribution < 1.29 is 0 Å². The number of nitrogens with zero attached hydrogens (tertiary/aromatic N) is 4. The lowest BCUT2D eigenvalue weighted by atomic mass is 10.1. The van der Waals surface area contributed by atoms with Crippen molar-refractivity contribution in [2.45, 2.75) is 20.1 Å². The van der Waals surface area contributed by atoms with Crippen LogP contribution in [0, 0.1) is 6.92 Å². The molecule has 0 bridgehead atoms. The van der Waals surface area contributed by atoms with E-state index in [0.717, 1.165) is 23.0 Å². The summed E-state index contributed by atoms with van der Waals surface area (Å²) in [5, 5.41) is 8.55. The lowest BCUT2D eigenvalue weighted by Crippen LogP contribution is -2.30. The van der Waals surface area contributed by atoms with Gasteiger partial charge in [-0.2, -0.15) is 5.10 Å². The van der Waals surface area contributed by atoms with E-state index in [2.05, 4.69) is 33.4 Å². The van der Waals surface area contributed by atoms with Crippen molar-refractivity contribution >= 4 is 27.9 Å². The molecule has 0 unspecified atom stereocenters. The smallest absolute Gasteiger partial charge is 0.163 e. The van der Waals surface area contributed by atoms with Crippen LogP contribution in [0.4, 0.5) is 5.00 Å². The maximum absolute atomic E-state index is 6.30. The minimum atomic E-state index is 0.702. The molecule has 6 heteroatoms. The topological polar surface area (TPSA) is 34.0 Å². The van der Waals surface area contributed by atoms with E-state index >= 15 is 0 Å². The zero-order valence-corrected chi connectivity index (χ0v) is 13.0. The number of anilines is 1. The molecule has 0 fully saturated rings. The minimum Gasteiger partial charge on any atom is -0.339 e. The van der Waals surface area contributed by atoms with Crippen LogP contribution in [0.3, 0.4) is 0 Å². The molecule has 0 N–H and O–H groups in total. The number of rotatable bonds is 2. The summed E-state index contributed by atoms with van der Waals surface area (Å²) in [5.74, 6) is 0.958. The Morgan fingerprint density at radius 3 is 3.05 bits per heavy atom. The molecule has 3 heterocycles. The highest BCUT2D eigenvalue weighted by molar-refractivity contribution is 7.15. The maximum atomic E-state index is 6.30. The van der Waals surface area contributed by atoms with Gasteiger partial charge in [-0.3, -0.25) is 0 Å². The second-order valence-electron chi connectivity index (χ2n) is 5.11. The van der Waals surface area contributed by atoms with Crippen LogP contribution in [0.25, 0.3) is 11.4 Å². The van der Waals surface area contributed by atoms with Crippen LogP contribution in [0.1, 0.15) is 11.1 Å². The largest absolute Gasteiger partial charge is 0.339 e. The molecule has 0 radical (unpaired) electrons. The summed E-state index contributed by atoms with van der Waals surface area (Å²) in [4.78, 5) is 6.70. The fourth-order valence-electron chi connectivity index (χ4n) is 2.68. The summed E-state index contributed by atoms with van der Waals surface area (Å²) in [6.07, 6.45) is 1.62. The Morgan fingerprint density at radius 1 is 1.33 bits per heavy atom. The molecule has 0 atom stereocenters. The molecule has 106 valence electrons. The highest BCUT2D eigenvalue weighted by Crippen LogP contribution is 2.42. The third-order valence-electron chi connectivity index (χ3n) is 3.71. The average Bonchev–Trinajstić information content (AvgIpc) is 3.08. The molecule has 0 spiro atoms. The Kier molecular flexibility index (Phi) is 2.97. The van der Waals surface area contributed by atoms with E-state index in [0.29, 0.717) is 6.67 Å². The monoisotopic (exact) mass is 316 g/mol. The van der Waals surface area contributed by atoms with E-state index in [1.807, 2.05) is 22.9 Å². The van der Waals surface area contributed by atoms with Crippen LogP contribution >= 0.6 is 22.9 Å². The van der Waals surface area contributed by atoms with Gasteiger partial charge < -0.3 is 4.90 Å². The SMILES string of the molecule is Cc1csc2c1-c1ncnn1CN2Cc1ccccc1Cl. The zero-order valence-electron chi connectivity index (χ0n) is 11.5. The average molecular weight is 317 g/mol. The normalized spacial score (nSPS) is 13.1. The number of halogens is 1. The molecule has 1 aromatic carbocycles. The molecule has 0 amide bonds. The number of thiophene rings is 1. The van der Waals surface area contributed by atoms with E-state index in [1.165, 1.54) is 16.1 Å². The van der Waals surface area contributed by atoms with Gasteiger partial charge >= 0.3 is 0 Å². The van der Waals surface area contributed by atoms with Crippen LogP contribution < -0.4 is 4.90 Å². The molecular formula is C15H13ClN4S. The number of aromatic nitrogens is 3. The van der Waals surface area contributed by atoms with Gasteiger partial charge in [0.25, 0.3) is 0 Å². The van der Waals surface area contributed by atoms with Crippen LogP contribution in [0.2, 0.25) is 5.02 Å². The third kappa shape index (κ3) is 2.04. The van der Waals surface area contributed by atoms with Crippen LogP contribution in [-0.4, -0.2) is 14.8 Å². The first-order valence-electron chi connectivity index (χ1n) is 6.68. The molecule has 4 nitrogen and oxygen atoms in total. The molecule has 3 aromatic rings. The Balaban J connectivity index is 1.77. The van der Waals surface area contributed by atoms with Gasteiger partial charge in [0.2, 0.25) is 0 Å². The van der Waals surface area contributed by atoms with Gasteiger partial charge in [0, 0.05) is 11.6 Å². The van der Waals surface area contributed by atoms with E-state index in [4.69, 9.17) is 11.6 Å². The van der Waals surface area contributed by atoms with Crippen molar-refractivity contribution in [3.8, 4) is 11.4 Å². The van der Waals surface area contributed by atoms with E-state index in [1.54, 1.807) is 17.7 Å². The standard InChI is InChI=1S/C15H13ClN4S/c1-10-7-21-15-13(10)14-17-8-18-20(14)9-19(15)6-11-4-2-3-5-12(11)16/h2-5,7-8H,6,9H2,1H3. The molecule has 1 aliphatic rings. The molecule has 0 aliphatic carbocycles. The number of hydrogen-bond acceptors (Lipinski definition) is 4. The quantitative estimate of drug-likeness (QED) is 0.718. The first kappa shape index (κ1) is 12.9. The van der Waals surface area contributed by atoms with Gasteiger partial charge in [0.1, 0.15) is 18.0 Å². The number of hydrogen-bond donors (Lipinski definition) is 0. The molecule has 4 rings (SSSR count). The summed E-state index contributed by atoms with van der Waals surface area (Å²) < 4.78 is 1.94. The van der Waals surface area contributed by atoms with Crippen LogP contribution in [0.15, 0.2) is 36.0 Å². The molecule has 1 aliphatic heterocycles. The summed E-state index contributed by atoms with van der Waals surface area (Å²) in [7, 11) is 0. The second kappa shape index (κ2) is 4.86. The summed E-state index contributed by atoms with van der Waals surface area (Å²) in [5.41, 5.74) is 3.56. The predicted octanol–water partition coefficient (Wildman–Crippen LogP) is 3.95.